The molecule has 0 aliphatic rings. The van der Waals surface area contributed by atoms with E-state index in [-0.39, 0.29) is 22.3 Å². The summed E-state index contributed by atoms with van der Waals surface area (Å²) in [6.07, 6.45) is -1.01. The third-order valence-electron chi connectivity index (χ3n) is 4.30. The van der Waals surface area contributed by atoms with Crippen LogP contribution in [0.4, 0.5) is 10.5 Å². The molecule has 0 aromatic heterocycles. The van der Waals surface area contributed by atoms with Gasteiger partial charge in [0.25, 0.3) is 5.91 Å². The summed E-state index contributed by atoms with van der Waals surface area (Å²) in [7, 11) is 0. The van der Waals surface area contributed by atoms with Crippen LogP contribution in [0, 0.1) is 22.7 Å². The molecule has 0 aliphatic carbocycles. The van der Waals surface area contributed by atoms with Gasteiger partial charge in [-0.1, -0.05) is 46.9 Å². The number of anilines is 1. The van der Waals surface area contributed by atoms with Crippen molar-refractivity contribution in [3.05, 3.63) is 62.6 Å². The van der Waals surface area contributed by atoms with Crippen LogP contribution in [-0.4, -0.2) is 24.3 Å². The van der Waals surface area contributed by atoms with Crippen molar-refractivity contribution in [2.75, 3.05) is 12.0 Å². The van der Waals surface area contributed by atoms with E-state index in [9.17, 15) is 14.9 Å². The summed E-state index contributed by atoms with van der Waals surface area (Å²) in [5, 5.41) is 25.4. The number of rotatable bonds is 6. The fraction of sp³-hybridized carbons (Fsp3) is 0.190. The third-order valence-corrected chi connectivity index (χ3v) is 5.14. The van der Waals surface area contributed by atoms with Crippen molar-refractivity contribution in [1.29, 1.82) is 10.5 Å². The van der Waals surface area contributed by atoms with Crippen LogP contribution < -0.4 is 10.7 Å². The van der Waals surface area contributed by atoms with Gasteiger partial charge in [-0.2, -0.15) is 15.6 Å². The van der Waals surface area contributed by atoms with Gasteiger partial charge in [0.15, 0.2) is 0 Å². The summed E-state index contributed by atoms with van der Waals surface area (Å²) in [6.45, 7) is 3.28. The summed E-state index contributed by atoms with van der Waals surface area (Å²) in [5.41, 5.74) is 1.92. The maximum atomic E-state index is 11.9. The second-order valence-corrected chi connectivity index (χ2v) is 7.67. The topological polar surface area (TPSA) is 127 Å². The van der Waals surface area contributed by atoms with E-state index in [1.54, 1.807) is 44.2 Å². The van der Waals surface area contributed by atoms with Gasteiger partial charge in [0.05, 0.1) is 18.4 Å². The first-order valence-electron chi connectivity index (χ1n) is 9.05. The number of benzene rings is 2. The molecule has 11 heteroatoms. The molecule has 2 N–H and O–H groups in total. The number of nitriles is 2. The van der Waals surface area contributed by atoms with Crippen LogP contribution in [0.5, 0.6) is 0 Å². The van der Waals surface area contributed by atoms with Crippen LogP contribution in [0.2, 0.25) is 15.1 Å². The Bertz CT molecular complexity index is 1130. The number of halogens is 3. The molecule has 0 saturated carbocycles. The molecular formula is C21H16Cl3N5O3. The number of alkyl carbamates (subject to hydrolysis) is 1. The number of hydrazone groups is 1. The Labute approximate surface area is 199 Å². The van der Waals surface area contributed by atoms with E-state index < -0.39 is 23.1 Å². The zero-order valence-electron chi connectivity index (χ0n) is 16.9. The lowest BCUT2D eigenvalue weighted by Gasteiger charge is -2.25. The zero-order valence-corrected chi connectivity index (χ0v) is 19.1. The van der Waals surface area contributed by atoms with Gasteiger partial charge in [-0.3, -0.25) is 15.5 Å². The highest BCUT2D eigenvalue weighted by molar-refractivity contribution is 6.47. The number of nitrogens with one attached hydrogen (secondary N) is 2. The maximum Gasteiger partial charge on any atom is 0.414 e. The van der Waals surface area contributed by atoms with Gasteiger partial charge < -0.3 is 4.74 Å². The van der Waals surface area contributed by atoms with Crippen LogP contribution >= 0.6 is 34.8 Å². The maximum absolute atomic E-state index is 11.9. The fourth-order valence-electron chi connectivity index (χ4n) is 2.73. The predicted octanol–water partition coefficient (Wildman–Crippen LogP) is 5.04. The smallest absolute Gasteiger partial charge is 0.414 e. The number of carbonyl (C=O) groups excluding carboxylic acids is 2. The number of nitrogens with zero attached hydrogens (tertiary/aromatic N) is 3. The number of ether oxygens (including phenoxy) is 1. The molecule has 0 bridgehead atoms. The Morgan fingerprint density at radius 3 is 2.22 bits per heavy atom. The number of imide groups is 1. The quantitative estimate of drug-likeness (QED) is 0.429. The molecule has 0 fully saturated rings. The monoisotopic (exact) mass is 491 g/mol. The molecule has 2 aromatic rings. The minimum atomic E-state index is -1.18. The summed E-state index contributed by atoms with van der Waals surface area (Å²) in [4.78, 5) is 23.2. The van der Waals surface area contributed by atoms with Crippen molar-refractivity contribution in [2.45, 2.75) is 19.3 Å². The lowest BCUT2D eigenvalue weighted by molar-refractivity contribution is -0.114. The van der Waals surface area contributed by atoms with Crippen LogP contribution in [0.15, 0.2) is 41.5 Å². The van der Waals surface area contributed by atoms with E-state index in [2.05, 4.69) is 21.3 Å². The molecule has 0 heterocycles. The van der Waals surface area contributed by atoms with Gasteiger partial charge in [0.1, 0.15) is 11.5 Å². The second kappa shape index (κ2) is 10.8. The number of amides is 2. The summed E-state index contributed by atoms with van der Waals surface area (Å²) in [5.74, 6) is -1.05. The van der Waals surface area contributed by atoms with Crippen LogP contribution in [0.3, 0.4) is 0 Å². The molecule has 2 amide bonds. The first kappa shape index (κ1) is 25.0. The highest BCUT2D eigenvalue weighted by Crippen LogP contribution is 2.42. The average molecular weight is 493 g/mol. The minimum Gasteiger partial charge on any atom is -0.450 e. The lowest BCUT2D eigenvalue weighted by atomic mass is 9.77. The SMILES string of the molecule is CCOC(=O)NC(=O)C(C#N)=NNc1cc(Cl)c(C(C)(C#N)c2ccc(Cl)cc2)c(Cl)c1. The van der Waals surface area contributed by atoms with E-state index in [4.69, 9.17) is 40.1 Å². The van der Waals surface area contributed by atoms with E-state index in [0.29, 0.717) is 16.1 Å². The van der Waals surface area contributed by atoms with Gasteiger partial charge in [0.2, 0.25) is 5.71 Å². The molecule has 2 aromatic carbocycles. The van der Waals surface area contributed by atoms with Crippen molar-refractivity contribution >= 4 is 58.2 Å². The molecule has 0 spiro atoms. The second-order valence-electron chi connectivity index (χ2n) is 6.42. The molecule has 8 nitrogen and oxygen atoms in total. The molecule has 0 radical (unpaired) electrons. The summed E-state index contributed by atoms with van der Waals surface area (Å²) in [6, 6.07) is 13.4. The summed E-state index contributed by atoms with van der Waals surface area (Å²) >= 11 is 18.8. The summed E-state index contributed by atoms with van der Waals surface area (Å²) < 4.78 is 4.58. The van der Waals surface area contributed by atoms with Crippen molar-refractivity contribution < 1.29 is 14.3 Å². The molecule has 0 saturated heterocycles. The van der Waals surface area contributed by atoms with Crippen LogP contribution in [0.25, 0.3) is 0 Å². The number of hydrogen-bond donors (Lipinski definition) is 2. The Morgan fingerprint density at radius 1 is 1.12 bits per heavy atom. The molecule has 32 heavy (non-hydrogen) atoms. The first-order valence-corrected chi connectivity index (χ1v) is 10.2. The lowest BCUT2D eigenvalue weighted by Crippen LogP contribution is -2.36. The van der Waals surface area contributed by atoms with Crippen molar-refractivity contribution in [2.24, 2.45) is 5.10 Å². The van der Waals surface area contributed by atoms with E-state index in [1.165, 1.54) is 12.1 Å². The predicted molar refractivity (Wildman–Crippen MR) is 122 cm³/mol. The van der Waals surface area contributed by atoms with E-state index >= 15 is 0 Å². The molecule has 164 valence electrons. The third kappa shape index (κ3) is 5.68. The van der Waals surface area contributed by atoms with Gasteiger partial charge in [0, 0.05) is 20.6 Å². The minimum absolute atomic E-state index is 0.0530. The van der Waals surface area contributed by atoms with Crippen molar-refractivity contribution in [3.63, 3.8) is 0 Å². The number of carbonyl (C=O) groups is 2. The highest BCUT2D eigenvalue weighted by Gasteiger charge is 2.33. The number of hydrogen-bond acceptors (Lipinski definition) is 7. The van der Waals surface area contributed by atoms with Crippen molar-refractivity contribution in [1.82, 2.24) is 5.32 Å². The molecule has 1 atom stereocenters. The molecule has 1 unspecified atom stereocenters. The highest BCUT2D eigenvalue weighted by atomic mass is 35.5. The Kier molecular flexibility index (Phi) is 8.45. The van der Waals surface area contributed by atoms with E-state index in [0.717, 1.165) is 0 Å². The van der Waals surface area contributed by atoms with Gasteiger partial charge >= 0.3 is 6.09 Å². The largest absolute Gasteiger partial charge is 0.450 e. The Hall–Kier alpha value is -3.30. The Balaban J connectivity index is 2.34. The van der Waals surface area contributed by atoms with Crippen molar-refractivity contribution in [3.8, 4) is 12.1 Å². The average Bonchev–Trinajstić information content (AvgIpc) is 2.74. The first-order chi connectivity index (χ1) is 15.2. The fourth-order valence-corrected chi connectivity index (χ4v) is 3.72. The molecule has 0 aliphatic heterocycles. The standard InChI is InChI=1S/C21H16Cl3N5O3/c1-3-32-20(31)27-19(30)17(10-25)29-28-14-8-15(23)18(16(24)9-14)21(2,11-26)12-4-6-13(22)7-5-12/h4-9,28H,3H2,1-2H3,(H,27,30,31). The normalized spacial score (nSPS) is 12.7. The van der Waals surface area contributed by atoms with E-state index in [1.807, 2.05) is 5.32 Å². The molecule has 2 rings (SSSR count). The zero-order chi connectivity index (χ0) is 23.9. The Morgan fingerprint density at radius 2 is 1.72 bits per heavy atom. The van der Waals surface area contributed by atoms with Crippen LogP contribution in [0.1, 0.15) is 25.0 Å². The van der Waals surface area contributed by atoms with Gasteiger partial charge in [-0.25, -0.2) is 4.79 Å². The van der Waals surface area contributed by atoms with Gasteiger partial charge in [-0.15, -0.1) is 0 Å². The molecular weight excluding hydrogens is 477 g/mol. The van der Waals surface area contributed by atoms with Crippen LogP contribution in [-0.2, 0) is 14.9 Å². The van der Waals surface area contributed by atoms with Gasteiger partial charge in [-0.05, 0) is 43.7 Å².